The highest BCUT2D eigenvalue weighted by atomic mass is 15.3. The largest absolute Gasteiger partial charge is 0.356 e. The molecule has 0 aromatic rings. The van der Waals surface area contributed by atoms with Crippen LogP contribution in [0.5, 0.6) is 0 Å². The van der Waals surface area contributed by atoms with Gasteiger partial charge in [0.15, 0.2) is 5.96 Å². The summed E-state index contributed by atoms with van der Waals surface area (Å²) < 4.78 is 0. The van der Waals surface area contributed by atoms with Gasteiger partial charge in [-0.15, -0.1) is 0 Å². The summed E-state index contributed by atoms with van der Waals surface area (Å²) in [5.41, 5.74) is 0. The fourth-order valence-corrected chi connectivity index (χ4v) is 4.99. The molecule has 1 atom stereocenters. The number of nitrogens with zero attached hydrogens (tertiary/aromatic N) is 3. The van der Waals surface area contributed by atoms with E-state index in [1.165, 1.54) is 90.0 Å². The van der Waals surface area contributed by atoms with Crippen molar-refractivity contribution in [2.45, 2.75) is 51.4 Å². The van der Waals surface area contributed by atoms with E-state index in [2.05, 4.69) is 20.1 Å². The van der Waals surface area contributed by atoms with Gasteiger partial charge in [0.25, 0.3) is 0 Å². The highest BCUT2D eigenvalue weighted by molar-refractivity contribution is 5.80. The summed E-state index contributed by atoms with van der Waals surface area (Å²) >= 11 is 0. The third-order valence-electron chi connectivity index (χ3n) is 6.71. The monoisotopic (exact) mass is 332 g/mol. The van der Waals surface area contributed by atoms with Gasteiger partial charge in [-0.1, -0.05) is 6.42 Å². The van der Waals surface area contributed by atoms with Gasteiger partial charge in [0.1, 0.15) is 0 Å². The van der Waals surface area contributed by atoms with Crippen molar-refractivity contribution in [2.75, 3.05) is 46.3 Å². The first-order chi connectivity index (χ1) is 11.8. The van der Waals surface area contributed by atoms with E-state index in [1.54, 1.807) is 0 Å². The second-order valence-corrected chi connectivity index (χ2v) is 8.73. The van der Waals surface area contributed by atoms with Crippen molar-refractivity contribution in [1.82, 2.24) is 15.1 Å². The van der Waals surface area contributed by atoms with E-state index in [-0.39, 0.29) is 0 Å². The van der Waals surface area contributed by atoms with Crippen LogP contribution < -0.4 is 5.32 Å². The predicted molar refractivity (Wildman–Crippen MR) is 100 cm³/mol. The molecule has 136 valence electrons. The zero-order valence-corrected chi connectivity index (χ0v) is 15.6. The zero-order chi connectivity index (χ0) is 16.4. The molecule has 0 aromatic carbocycles. The zero-order valence-electron chi connectivity index (χ0n) is 15.6. The molecule has 0 amide bonds. The van der Waals surface area contributed by atoms with Crippen molar-refractivity contribution in [1.29, 1.82) is 0 Å². The molecule has 4 heteroatoms. The highest BCUT2D eigenvalue weighted by Crippen LogP contribution is 2.48. The van der Waals surface area contributed by atoms with Crippen LogP contribution in [0.2, 0.25) is 0 Å². The van der Waals surface area contributed by atoms with Gasteiger partial charge in [-0.05, 0) is 81.7 Å². The van der Waals surface area contributed by atoms with Crippen molar-refractivity contribution >= 4 is 5.96 Å². The first kappa shape index (κ1) is 16.7. The lowest BCUT2D eigenvalue weighted by Gasteiger charge is -2.29. The minimum atomic E-state index is 0.837. The summed E-state index contributed by atoms with van der Waals surface area (Å²) in [7, 11) is 1.96. The van der Waals surface area contributed by atoms with Crippen LogP contribution in [0.25, 0.3) is 0 Å². The summed E-state index contributed by atoms with van der Waals surface area (Å²) in [6.45, 7) is 7.51. The van der Waals surface area contributed by atoms with Crippen LogP contribution in [0.4, 0.5) is 0 Å². The first-order valence-electron chi connectivity index (χ1n) is 10.5. The number of aliphatic imine (C=N–C) groups is 1. The maximum absolute atomic E-state index is 4.60. The molecule has 0 bridgehead atoms. The van der Waals surface area contributed by atoms with Gasteiger partial charge in [0.2, 0.25) is 0 Å². The van der Waals surface area contributed by atoms with Gasteiger partial charge in [0, 0.05) is 33.2 Å². The molecule has 4 fully saturated rings. The lowest BCUT2D eigenvalue weighted by molar-refractivity contribution is 0.198. The quantitative estimate of drug-likeness (QED) is 0.599. The van der Waals surface area contributed by atoms with Crippen molar-refractivity contribution in [3.63, 3.8) is 0 Å². The Bertz CT molecular complexity index is 423. The molecule has 0 radical (unpaired) electrons. The molecule has 2 heterocycles. The van der Waals surface area contributed by atoms with Crippen LogP contribution in [-0.4, -0.2) is 62.1 Å². The molecule has 0 spiro atoms. The van der Waals surface area contributed by atoms with Crippen LogP contribution in [-0.2, 0) is 0 Å². The Hall–Kier alpha value is -0.770. The third kappa shape index (κ3) is 4.25. The summed E-state index contributed by atoms with van der Waals surface area (Å²) in [5.74, 6) is 4.97. The van der Waals surface area contributed by atoms with E-state index in [4.69, 9.17) is 0 Å². The van der Waals surface area contributed by atoms with Crippen molar-refractivity contribution < 1.29 is 0 Å². The lowest BCUT2D eigenvalue weighted by Crippen LogP contribution is -2.43. The maximum atomic E-state index is 4.60. The summed E-state index contributed by atoms with van der Waals surface area (Å²) in [4.78, 5) is 9.82. The van der Waals surface area contributed by atoms with Crippen LogP contribution in [0.3, 0.4) is 0 Å². The van der Waals surface area contributed by atoms with E-state index >= 15 is 0 Å². The fraction of sp³-hybridized carbons (Fsp3) is 0.950. The topological polar surface area (TPSA) is 30.9 Å². The minimum Gasteiger partial charge on any atom is -0.356 e. The van der Waals surface area contributed by atoms with Gasteiger partial charge >= 0.3 is 0 Å². The molecule has 2 aliphatic carbocycles. The summed E-state index contributed by atoms with van der Waals surface area (Å²) in [6.07, 6.45) is 11.5. The molecule has 24 heavy (non-hydrogen) atoms. The molecule has 2 saturated heterocycles. The van der Waals surface area contributed by atoms with Gasteiger partial charge in [0.05, 0.1) is 0 Å². The van der Waals surface area contributed by atoms with Crippen molar-refractivity contribution in [3.05, 3.63) is 0 Å². The van der Waals surface area contributed by atoms with Crippen molar-refractivity contribution in [2.24, 2.45) is 28.7 Å². The molecular formula is C20H36N4. The van der Waals surface area contributed by atoms with Gasteiger partial charge < -0.3 is 15.1 Å². The second kappa shape index (κ2) is 7.63. The molecule has 2 aliphatic heterocycles. The molecular weight excluding hydrogens is 296 g/mol. The smallest absolute Gasteiger partial charge is 0.193 e. The first-order valence-corrected chi connectivity index (χ1v) is 10.5. The van der Waals surface area contributed by atoms with E-state index < -0.39 is 0 Å². The Labute approximate surface area is 148 Å². The molecule has 4 rings (SSSR count). The van der Waals surface area contributed by atoms with Crippen LogP contribution in [0.1, 0.15) is 51.4 Å². The molecule has 1 N–H and O–H groups in total. The normalized spacial score (nSPS) is 29.5. The van der Waals surface area contributed by atoms with E-state index in [1.807, 2.05) is 7.05 Å². The maximum Gasteiger partial charge on any atom is 0.193 e. The molecule has 1 unspecified atom stereocenters. The summed E-state index contributed by atoms with van der Waals surface area (Å²) in [5, 5.41) is 3.74. The Kier molecular flexibility index (Phi) is 5.31. The van der Waals surface area contributed by atoms with Crippen LogP contribution in [0.15, 0.2) is 4.99 Å². The molecule has 0 aromatic heterocycles. The SMILES string of the molecule is CN=C(NCC(C1CC1)C1CC1)N1CCC(CN2CCCCC2)C1. The van der Waals surface area contributed by atoms with Gasteiger partial charge in [-0.3, -0.25) is 4.99 Å². The number of rotatable bonds is 6. The Morgan fingerprint density at radius 1 is 1.00 bits per heavy atom. The number of likely N-dealkylation sites (tertiary alicyclic amines) is 2. The average molecular weight is 333 g/mol. The second-order valence-electron chi connectivity index (χ2n) is 8.73. The average Bonchev–Trinajstić information content (AvgIpc) is 3.53. The Morgan fingerprint density at radius 2 is 1.71 bits per heavy atom. The predicted octanol–water partition coefficient (Wildman–Crippen LogP) is 2.81. The lowest BCUT2D eigenvalue weighted by atomic mass is 9.98. The van der Waals surface area contributed by atoms with Gasteiger partial charge in [-0.2, -0.15) is 0 Å². The van der Waals surface area contributed by atoms with Crippen LogP contribution in [0, 0.1) is 23.7 Å². The highest BCUT2D eigenvalue weighted by Gasteiger charge is 2.41. The van der Waals surface area contributed by atoms with E-state index in [0.717, 1.165) is 30.2 Å². The van der Waals surface area contributed by atoms with E-state index in [0.29, 0.717) is 0 Å². The van der Waals surface area contributed by atoms with E-state index in [9.17, 15) is 0 Å². The fourth-order valence-electron chi connectivity index (χ4n) is 4.99. The van der Waals surface area contributed by atoms with Crippen molar-refractivity contribution in [3.8, 4) is 0 Å². The number of guanidine groups is 1. The molecule has 4 aliphatic rings. The molecule has 2 saturated carbocycles. The number of hydrogen-bond donors (Lipinski definition) is 1. The van der Waals surface area contributed by atoms with Crippen LogP contribution >= 0.6 is 0 Å². The molecule has 4 nitrogen and oxygen atoms in total. The Balaban J connectivity index is 1.23. The number of hydrogen-bond acceptors (Lipinski definition) is 2. The number of piperidine rings is 1. The standard InChI is InChI=1S/C20H36N4/c1-21-20(22-13-19(17-5-6-17)18-7-8-18)24-12-9-16(15-24)14-23-10-3-2-4-11-23/h16-19H,2-15H2,1H3,(H,21,22). The minimum absolute atomic E-state index is 0.837. The number of nitrogens with one attached hydrogen (secondary N) is 1. The Morgan fingerprint density at radius 3 is 2.33 bits per heavy atom. The third-order valence-corrected chi connectivity index (χ3v) is 6.71. The van der Waals surface area contributed by atoms with Gasteiger partial charge in [-0.25, -0.2) is 0 Å². The summed E-state index contributed by atoms with van der Waals surface area (Å²) in [6, 6.07) is 0.